The smallest absolute Gasteiger partial charge is 0.408 e. The van der Waals surface area contributed by atoms with Crippen LogP contribution in [0.1, 0.15) is 54.6 Å². The number of carbonyl (C=O) groups is 4. The van der Waals surface area contributed by atoms with Crippen molar-refractivity contribution < 1.29 is 32.7 Å². The maximum absolute atomic E-state index is 14.3. The molecule has 0 aliphatic heterocycles. The zero-order valence-corrected chi connectivity index (χ0v) is 37.0. The fourth-order valence-corrected chi connectivity index (χ4v) is 8.52. The summed E-state index contributed by atoms with van der Waals surface area (Å²) in [5.41, 5.74) is 6.33. The van der Waals surface area contributed by atoms with Gasteiger partial charge in [-0.25, -0.2) is 32.9 Å². The number of amides is 4. The molecule has 68 heavy (non-hydrogen) atoms. The van der Waals surface area contributed by atoms with Gasteiger partial charge in [0.05, 0.1) is 34.4 Å². The lowest BCUT2D eigenvalue weighted by Crippen LogP contribution is -2.51. The first-order valence-corrected chi connectivity index (χ1v) is 22.0. The highest BCUT2D eigenvalue weighted by atomic mass is 19.3. The van der Waals surface area contributed by atoms with Crippen LogP contribution in [0.25, 0.3) is 49.8 Å². The average molecular weight is 918 g/mol. The second kappa shape index (κ2) is 18.5. The Labute approximate surface area is 387 Å². The Morgan fingerprint density at radius 3 is 2.34 bits per heavy atom. The number of hydrogen-bond donors (Lipinski definition) is 4. The molecule has 0 bridgehead atoms. The number of aromatic amines is 1. The molecule has 0 radical (unpaired) electrons. The molecule has 4 aromatic heterocycles. The number of fused-ring (bicyclic) bond motifs is 4. The molecule has 15 nitrogen and oxygen atoms in total. The number of alkyl carbamates (subject to hydrolysis) is 1. The Morgan fingerprint density at radius 2 is 1.62 bits per heavy atom. The van der Waals surface area contributed by atoms with Crippen molar-refractivity contribution in [3.8, 4) is 22.4 Å². The maximum atomic E-state index is 14.3. The molecule has 4 amide bonds. The first kappa shape index (κ1) is 44.8. The lowest BCUT2D eigenvalue weighted by atomic mass is 9.71. The van der Waals surface area contributed by atoms with Crippen LogP contribution in [0.4, 0.5) is 19.3 Å². The second-order valence-electron chi connectivity index (χ2n) is 17.0. The molecule has 1 atom stereocenters. The lowest BCUT2D eigenvalue weighted by molar-refractivity contribution is -0.140. The maximum Gasteiger partial charge on any atom is 0.408 e. The van der Waals surface area contributed by atoms with Crippen LogP contribution >= 0.6 is 0 Å². The molecule has 4 aromatic carbocycles. The Hall–Kier alpha value is -8.34. The molecule has 0 spiro atoms. The topological polar surface area (TPSA) is 193 Å². The van der Waals surface area contributed by atoms with Crippen molar-refractivity contribution >= 4 is 57.0 Å². The number of carbonyl (C=O) groups excluding carboxylic acids is 4. The van der Waals surface area contributed by atoms with Gasteiger partial charge >= 0.3 is 11.8 Å². The molecular formula is C51H45F2N9O6. The van der Waals surface area contributed by atoms with Gasteiger partial charge in [-0.1, -0.05) is 84.9 Å². The standard InChI is InChI=1S/C51H45F2N9O6/c1-31(55-46(64)38-21-25-54-41-12-7-6-11-37(38)41)47(65)61(30-50(2,52)53)28-43(63)56-36-19-13-32(14-20-36)29-68-49(67)58-51(23-8-24-51)35-17-15-34(16-18-35)44-39(33-9-4-3-5-10-33)27-40-42(57-44)22-26-62-45(40)59-60-48(62)66/h3-7,9-22,25-27,31H,8,23-24,28-30H2,1-2H3,(H,55,64)(H,56,63)(H,58,67)(H,60,66)/t31-/m1/s1. The number of H-pyrrole nitrogens is 1. The van der Waals surface area contributed by atoms with Gasteiger partial charge < -0.3 is 25.6 Å². The Balaban J connectivity index is 0.814. The van der Waals surface area contributed by atoms with Gasteiger partial charge in [-0.3, -0.25) is 19.4 Å². The summed E-state index contributed by atoms with van der Waals surface area (Å²) >= 11 is 0. The molecule has 8 aromatic rings. The minimum atomic E-state index is -3.33. The van der Waals surface area contributed by atoms with Crippen LogP contribution in [0, 0.1) is 0 Å². The minimum absolute atomic E-state index is 0.0725. The molecule has 9 rings (SSSR count). The van der Waals surface area contributed by atoms with E-state index >= 15 is 0 Å². The molecule has 1 fully saturated rings. The predicted molar refractivity (Wildman–Crippen MR) is 252 cm³/mol. The van der Waals surface area contributed by atoms with E-state index in [9.17, 15) is 32.8 Å². The van der Waals surface area contributed by atoms with Crippen molar-refractivity contribution in [1.82, 2.24) is 40.1 Å². The van der Waals surface area contributed by atoms with Crippen LogP contribution < -0.4 is 21.6 Å². The summed E-state index contributed by atoms with van der Waals surface area (Å²) in [5, 5.41) is 16.3. The van der Waals surface area contributed by atoms with E-state index in [4.69, 9.17) is 9.72 Å². The highest BCUT2D eigenvalue weighted by molar-refractivity contribution is 6.07. The summed E-state index contributed by atoms with van der Waals surface area (Å²) in [6.45, 7) is 0.178. The highest BCUT2D eigenvalue weighted by Crippen LogP contribution is 2.43. The third kappa shape index (κ3) is 9.49. The number of anilines is 1. The van der Waals surface area contributed by atoms with Crippen molar-refractivity contribution in [3.05, 3.63) is 161 Å². The van der Waals surface area contributed by atoms with Crippen LogP contribution in [0.2, 0.25) is 0 Å². The second-order valence-corrected chi connectivity index (χ2v) is 17.0. The van der Waals surface area contributed by atoms with Crippen LogP contribution in [-0.2, 0) is 26.5 Å². The average Bonchev–Trinajstić information content (AvgIpc) is 3.71. The summed E-state index contributed by atoms with van der Waals surface area (Å²) in [5.74, 6) is -5.53. The zero-order valence-electron chi connectivity index (χ0n) is 37.0. The van der Waals surface area contributed by atoms with Crippen molar-refractivity contribution in [2.24, 2.45) is 0 Å². The van der Waals surface area contributed by atoms with Crippen LogP contribution in [0.3, 0.4) is 0 Å². The Morgan fingerprint density at radius 1 is 0.882 bits per heavy atom. The first-order valence-electron chi connectivity index (χ1n) is 22.0. The van der Waals surface area contributed by atoms with Crippen molar-refractivity contribution in [1.29, 1.82) is 0 Å². The molecule has 344 valence electrons. The largest absolute Gasteiger partial charge is 0.445 e. The third-order valence-electron chi connectivity index (χ3n) is 12.1. The quantitative estimate of drug-likeness (QED) is 0.0837. The number of para-hydroxylation sites is 1. The number of nitrogens with one attached hydrogen (secondary N) is 4. The van der Waals surface area contributed by atoms with E-state index in [-0.39, 0.29) is 17.9 Å². The van der Waals surface area contributed by atoms with Crippen molar-refractivity contribution in [2.75, 3.05) is 18.4 Å². The molecule has 0 unspecified atom stereocenters. The number of nitrogens with zero attached hydrogens (tertiary/aromatic N) is 5. The van der Waals surface area contributed by atoms with Gasteiger partial charge in [-0.05, 0) is 79.3 Å². The summed E-state index contributed by atoms with van der Waals surface area (Å²) in [7, 11) is 0. The van der Waals surface area contributed by atoms with E-state index in [1.165, 1.54) is 23.6 Å². The number of alkyl halides is 2. The number of ether oxygens (including phenoxy) is 1. The summed E-state index contributed by atoms with van der Waals surface area (Å²) < 4.78 is 35.7. The van der Waals surface area contributed by atoms with E-state index in [0.717, 1.165) is 39.8 Å². The number of rotatable bonds is 14. The monoisotopic (exact) mass is 917 g/mol. The first-order chi connectivity index (χ1) is 32.7. The molecule has 1 saturated carbocycles. The van der Waals surface area contributed by atoms with Gasteiger partial charge in [0.15, 0.2) is 5.65 Å². The molecule has 1 aliphatic rings. The Kier molecular flexibility index (Phi) is 12.2. The van der Waals surface area contributed by atoms with E-state index in [1.807, 2.05) is 60.7 Å². The number of hydrogen-bond acceptors (Lipinski definition) is 9. The predicted octanol–water partition coefficient (Wildman–Crippen LogP) is 8.00. The molecule has 17 heteroatoms. The molecule has 4 heterocycles. The van der Waals surface area contributed by atoms with Crippen LogP contribution in [0.15, 0.2) is 139 Å². The minimum Gasteiger partial charge on any atom is -0.445 e. The van der Waals surface area contributed by atoms with Crippen LogP contribution in [-0.4, -0.2) is 78.3 Å². The van der Waals surface area contributed by atoms with E-state index in [0.29, 0.717) is 58.0 Å². The molecule has 1 aliphatic carbocycles. The van der Waals surface area contributed by atoms with Crippen molar-refractivity contribution in [3.63, 3.8) is 0 Å². The molecule has 4 N–H and O–H groups in total. The normalized spacial score (nSPS) is 13.6. The number of aromatic nitrogens is 5. The Bertz CT molecular complexity index is 3250. The van der Waals surface area contributed by atoms with Gasteiger partial charge in [-0.15, -0.1) is 0 Å². The van der Waals surface area contributed by atoms with Crippen molar-refractivity contribution in [2.45, 2.75) is 57.2 Å². The number of halogens is 2. The van der Waals surface area contributed by atoms with E-state index < -0.39 is 54.4 Å². The fraction of sp³-hybridized carbons (Fsp3) is 0.216. The summed E-state index contributed by atoms with van der Waals surface area (Å²) in [6.07, 6.45) is 4.85. The summed E-state index contributed by atoms with van der Waals surface area (Å²) in [6, 6.07) is 35.3. The fourth-order valence-electron chi connectivity index (χ4n) is 8.52. The lowest BCUT2D eigenvalue weighted by Gasteiger charge is -2.42. The zero-order chi connectivity index (χ0) is 47.6. The third-order valence-corrected chi connectivity index (χ3v) is 12.1. The van der Waals surface area contributed by atoms with Gasteiger partial charge in [0.25, 0.3) is 11.8 Å². The van der Waals surface area contributed by atoms with E-state index in [2.05, 4.69) is 31.1 Å². The molecule has 0 saturated heterocycles. The van der Waals surface area contributed by atoms with E-state index in [1.54, 1.807) is 60.8 Å². The van der Waals surface area contributed by atoms with Gasteiger partial charge in [-0.2, -0.15) is 5.10 Å². The highest BCUT2D eigenvalue weighted by Gasteiger charge is 2.41. The molecular weight excluding hydrogens is 873 g/mol. The van der Waals surface area contributed by atoms with Gasteiger partial charge in [0, 0.05) is 46.9 Å². The van der Waals surface area contributed by atoms with Crippen LogP contribution in [0.5, 0.6) is 0 Å². The number of benzene rings is 4. The number of pyridine rings is 3. The van der Waals surface area contributed by atoms with Gasteiger partial charge in [0.1, 0.15) is 19.2 Å². The SMILES string of the molecule is C[C@@H](NC(=O)c1ccnc2ccccc12)C(=O)N(CC(=O)Nc1ccc(COC(=O)NC2(c3ccc(-c4nc5ccn6c(=O)[nH]nc6c5cc4-c4ccccc4)cc3)CCC2)cc1)CC(C)(F)F. The summed E-state index contributed by atoms with van der Waals surface area (Å²) in [4.78, 5) is 75.3. The van der Waals surface area contributed by atoms with Gasteiger partial charge in [0.2, 0.25) is 11.8 Å².